The lowest BCUT2D eigenvalue weighted by Gasteiger charge is -2.36. The maximum absolute atomic E-state index is 9.47. The van der Waals surface area contributed by atoms with E-state index in [4.69, 9.17) is 4.74 Å². The van der Waals surface area contributed by atoms with Gasteiger partial charge in [0, 0.05) is 131 Å². The molecule has 0 aliphatic rings. The van der Waals surface area contributed by atoms with E-state index < -0.39 is 0 Å². The smallest absolute Gasteiger partial charge is 0.0833 e. The molecule has 0 rings (SSSR count). The Kier molecular flexibility index (Phi) is 33.4. The molecular weight excluding hydrogens is 664 g/mol. The monoisotopic (exact) mass is 743 g/mol. The number of aliphatic hydroxyl groups is 8. The number of ether oxygens (including phenoxy) is 1. The lowest BCUT2D eigenvalue weighted by Crippen LogP contribution is -2.49. The molecule has 0 saturated carbocycles. The van der Waals surface area contributed by atoms with Gasteiger partial charge in [-0.15, -0.1) is 0 Å². The predicted molar refractivity (Wildman–Crippen MR) is 201 cm³/mol. The first-order valence-electron chi connectivity index (χ1n) is 18.7. The number of rotatable bonds is 38. The van der Waals surface area contributed by atoms with Crippen LogP contribution in [0.4, 0.5) is 0 Å². The summed E-state index contributed by atoms with van der Waals surface area (Å²) in [6.07, 6.45) is -0.332. The van der Waals surface area contributed by atoms with Crippen LogP contribution in [0.25, 0.3) is 0 Å². The van der Waals surface area contributed by atoms with Crippen LogP contribution in [0.1, 0.15) is 0 Å². The van der Waals surface area contributed by atoms with Crippen LogP contribution in [0.2, 0.25) is 0 Å². The highest BCUT2D eigenvalue weighted by Gasteiger charge is 2.24. The minimum Gasteiger partial charge on any atom is -0.395 e. The molecule has 0 bridgehead atoms. The zero-order valence-electron chi connectivity index (χ0n) is 32.5. The fraction of sp³-hybridized carbons (Fsp3) is 1.00. The standard InChI is InChI=1S/C34H78N8O9/c1-35(5-9-39(13-21-43)14-22-44)29-33(30-36(2)6-10-40(15-23-45)16-24-46)51-34(31-37(3)7-11-41(17-25-47)18-26-48)32-38(4)8-12-42(19-27-49)20-28-50/h33-34,43-50H,5-32H2,1-4H3. The van der Waals surface area contributed by atoms with Crippen LogP contribution in [0.5, 0.6) is 0 Å². The Bertz CT molecular complexity index is 620. The first kappa shape index (κ1) is 50.3. The molecule has 17 nitrogen and oxygen atoms in total. The Hall–Kier alpha value is -0.680. The molecule has 0 radical (unpaired) electrons. The zero-order chi connectivity index (χ0) is 38.3. The molecule has 0 aromatic carbocycles. The van der Waals surface area contributed by atoms with E-state index in [-0.39, 0.29) is 65.1 Å². The topological polar surface area (TPSA) is 197 Å². The fourth-order valence-electron chi connectivity index (χ4n) is 6.04. The lowest BCUT2D eigenvalue weighted by molar-refractivity contribution is -0.0604. The zero-order valence-corrected chi connectivity index (χ0v) is 32.5. The molecular formula is C34H78N8O9. The van der Waals surface area contributed by atoms with Gasteiger partial charge in [0.25, 0.3) is 0 Å². The average molecular weight is 743 g/mol. The molecule has 0 heterocycles. The van der Waals surface area contributed by atoms with E-state index in [9.17, 15) is 40.9 Å². The predicted octanol–water partition coefficient (Wildman–Crippen LogP) is -5.39. The van der Waals surface area contributed by atoms with Crippen molar-refractivity contribution in [1.29, 1.82) is 0 Å². The summed E-state index contributed by atoms with van der Waals surface area (Å²) >= 11 is 0. The van der Waals surface area contributed by atoms with E-state index in [1.807, 2.05) is 19.6 Å². The largest absolute Gasteiger partial charge is 0.395 e. The normalized spacial score (nSPS) is 12.8. The minimum absolute atomic E-state index is 0.0298. The van der Waals surface area contributed by atoms with Crippen molar-refractivity contribution in [2.45, 2.75) is 12.2 Å². The van der Waals surface area contributed by atoms with Crippen LogP contribution in [-0.4, -0.2) is 304 Å². The highest BCUT2D eigenvalue weighted by atomic mass is 16.5. The highest BCUT2D eigenvalue weighted by Crippen LogP contribution is 2.09. The molecule has 0 spiro atoms. The lowest BCUT2D eigenvalue weighted by atomic mass is 10.2. The molecule has 17 heteroatoms. The van der Waals surface area contributed by atoms with Gasteiger partial charge in [0.2, 0.25) is 0 Å². The Morgan fingerprint density at radius 3 is 0.627 bits per heavy atom. The summed E-state index contributed by atoms with van der Waals surface area (Å²) in [6.45, 7) is 12.5. The maximum Gasteiger partial charge on any atom is 0.0833 e. The first-order valence-corrected chi connectivity index (χ1v) is 18.7. The van der Waals surface area contributed by atoms with E-state index in [2.05, 4.69) is 47.8 Å². The van der Waals surface area contributed by atoms with Gasteiger partial charge in [0.15, 0.2) is 0 Å². The van der Waals surface area contributed by atoms with E-state index in [0.717, 1.165) is 26.2 Å². The third-order valence-electron chi connectivity index (χ3n) is 8.97. The van der Waals surface area contributed by atoms with Gasteiger partial charge < -0.3 is 65.2 Å². The van der Waals surface area contributed by atoms with Crippen LogP contribution in [0.15, 0.2) is 0 Å². The fourth-order valence-corrected chi connectivity index (χ4v) is 6.04. The third kappa shape index (κ3) is 27.5. The SMILES string of the molecule is CN(CCN(CCO)CCO)CC(CN(C)CCN(CCO)CCO)OC(CN(C)CCN(CCO)CCO)CN(C)CCN(CCO)CCO. The van der Waals surface area contributed by atoms with Crippen LogP contribution in [-0.2, 0) is 4.74 Å². The Morgan fingerprint density at radius 2 is 0.471 bits per heavy atom. The van der Waals surface area contributed by atoms with Gasteiger partial charge in [0.1, 0.15) is 0 Å². The number of hydrogen-bond acceptors (Lipinski definition) is 17. The molecule has 0 aromatic rings. The molecule has 8 N–H and O–H groups in total. The van der Waals surface area contributed by atoms with Crippen LogP contribution in [0, 0.1) is 0 Å². The molecule has 0 unspecified atom stereocenters. The maximum atomic E-state index is 9.47. The first-order chi connectivity index (χ1) is 24.6. The van der Waals surface area contributed by atoms with Crippen molar-refractivity contribution in [3.63, 3.8) is 0 Å². The third-order valence-corrected chi connectivity index (χ3v) is 8.97. The van der Waals surface area contributed by atoms with Gasteiger partial charge in [-0.3, -0.25) is 19.6 Å². The molecule has 0 amide bonds. The minimum atomic E-state index is -0.166. The van der Waals surface area contributed by atoms with E-state index in [0.29, 0.717) is 105 Å². The van der Waals surface area contributed by atoms with Crippen molar-refractivity contribution in [1.82, 2.24) is 39.2 Å². The van der Waals surface area contributed by atoms with E-state index >= 15 is 0 Å². The van der Waals surface area contributed by atoms with Gasteiger partial charge in [-0.05, 0) is 28.2 Å². The second-order valence-electron chi connectivity index (χ2n) is 13.6. The number of likely N-dealkylation sites (N-methyl/N-ethyl adjacent to an activating group) is 4. The Morgan fingerprint density at radius 1 is 0.294 bits per heavy atom. The molecule has 0 aromatic heterocycles. The Labute approximate surface area is 308 Å². The number of nitrogens with zero attached hydrogens (tertiary/aromatic N) is 8. The molecule has 0 saturated heterocycles. The van der Waals surface area contributed by atoms with Crippen molar-refractivity contribution < 1.29 is 45.6 Å². The van der Waals surface area contributed by atoms with Gasteiger partial charge in [-0.2, -0.15) is 0 Å². The summed E-state index contributed by atoms with van der Waals surface area (Å²) in [5.41, 5.74) is 0. The van der Waals surface area contributed by atoms with Crippen molar-refractivity contribution in [3.05, 3.63) is 0 Å². The van der Waals surface area contributed by atoms with Gasteiger partial charge in [-0.1, -0.05) is 0 Å². The average Bonchev–Trinajstić information content (AvgIpc) is 3.08. The summed E-state index contributed by atoms with van der Waals surface area (Å²) in [5.74, 6) is 0. The van der Waals surface area contributed by atoms with Crippen LogP contribution >= 0.6 is 0 Å². The van der Waals surface area contributed by atoms with Crippen molar-refractivity contribution in [3.8, 4) is 0 Å². The highest BCUT2D eigenvalue weighted by molar-refractivity contribution is 4.77. The molecule has 0 aliphatic heterocycles. The molecule has 0 atom stereocenters. The summed E-state index contributed by atoms with van der Waals surface area (Å²) in [6, 6.07) is 0. The van der Waals surface area contributed by atoms with Crippen molar-refractivity contribution in [2.75, 3.05) is 212 Å². The molecule has 0 fully saturated rings. The Balaban J connectivity index is 5.98. The summed E-state index contributed by atoms with van der Waals surface area (Å²) in [4.78, 5) is 17.0. The van der Waals surface area contributed by atoms with E-state index in [1.54, 1.807) is 0 Å². The number of hydrogen-bond donors (Lipinski definition) is 8. The van der Waals surface area contributed by atoms with Crippen molar-refractivity contribution in [2.24, 2.45) is 0 Å². The van der Waals surface area contributed by atoms with Crippen molar-refractivity contribution >= 4 is 0 Å². The molecule has 51 heavy (non-hydrogen) atoms. The number of aliphatic hydroxyl groups excluding tert-OH is 8. The second kappa shape index (κ2) is 33.9. The van der Waals surface area contributed by atoms with E-state index in [1.165, 1.54) is 0 Å². The summed E-state index contributed by atoms with van der Waals surface area (Å²) in [5, 5.41) is 75.7. The van der Waals surface area contributed by atoms with Crippen LogP contribution in [0.3, 0.4) is 0 Å². The second-order valence-corrected chi connectivity index (χ2v) is 13.6. The summed E-state index contributed by atoms with van der Waals surface area (Å²) < 4.78 is 7.00. The molecule has 308 valence electrons. The summed E-state index contributed by atoms with van der Waals surface area (Å²) in [7, 11) is 8.21. The van der Waals surface area contributed by atoms with Gasteiger partial charge >= 0.3 is 0 Å². The van der Waals surface area contributed by atoms with Gasteiger partial charge in [-0.25, -0.2) is 0 Å². The molecule has 0 aliphatic carbocycles. The quantitative estimate of drug-likeness (QED) is 0.0298. The van der Waals surface area contributed by atoms with Gasteiger partial charge in [0.05, 0.1) is 65.1 Å². The van der Waals surface area contributed by atoms with Crippen LogP contribution < -0.4 is 0 Å².